The molecule has 0 N–H and O–H groups in total. The highest BCUT2D eigenvalue weighted by Crippen LogP contribution is 2.26. The van der Waals surface area contributed by atoms with Gasteiger partial charge in [0.2, 0.25) is 15.9 Å². The van der Waals surface area contributed by atoms with E-state index in [1.54, 1.807) is 0 Å². The second kappa shape index (κ2) is 7.85. The Morgan fingerprint density at radius 2 is 1.75 bits per heavy atom. The Bertz CT molecular complexity index is 668. The number of halogens is 1. The van der Waals surface area contributed by atoms with Crippen LogP contribution in [0.4, 0.5) is 0 Å². The van der Waals surface area contributed by atoms with E-state index in [0.717, 1.165) is 30.0 Å². The fourth-order valence-corrected chi connectivity index (χ4v) is 4.49. The van der Waals surface area contributed by atoms with Crippen LogP contribution in [0.15, 0.2) is 29.2 Å². The van der Waals surface area contributed by atoms with E-state index in [4.69, 9.17) is 11.6 Å². The number of amides is 1. The van der Waals surface area contributed by atoms with Gasteiger partial charge in [-0.05, 0) is 51.0 Å². The average molecular weight is 373 g/mol. The maximum absolute atomic E-state index is 12.7. The lowest BCUT2D eigenvalue weighted by Gasteiger charge is -2.34. The fraction of sp³-hybridized carbons (Fsp3) is 0.588. The Balaban J connectivity index is 2.12. The molecular formula is C17H25ClN2O3S. The molecule has 1 fully saturated rings. The number of likely N-dealkylation sites (N-methyl/N-ethyl adjacent to an activating group) is 1. The molecule has 1 saturated carbocycles. The van der Waals surface area contributed by atoms with Crippen LogP contribution in [-0.2, 0) is 14.8 Å². The second-order valence-electron chi connectivity index (χ2n) is 6.55. The summed E-state index contributed by atoms with van der Waals surface area (Å²) in [6.07, 6.45) is 4.25. The molecule has 2 rings (SSSR count). The van der Waals surface area contributed by atoms with Crippen molar-refractivity contribution in [3.63, 3.8) is 0 Å². The lowest BCUT2D eigenvalue weighted by molar-refractivity contribution is -0.135. The number of carbonyl (C=O) groups excluding carboxylic acids is 1. The van der Waals surface area contributed by atoms with Crippen molar-refractivity contribution >= 4 is 27.5 Å². The van der Waals surface area contributed by atoms with E-state index in [2.05, 4.69) is 0 Å². The van der Waals surface area contributed by atoms with Gasteiger partial charge in [-0.15, -0.1) is 0 Å². The molecule has 1 aliphatic rings. The zero-order valence-electron chi connectivity index (χ0n) is 14.4. The summed E-state index contributed by atoms with van der Waals surface area (Å²) in [5.74, 6) is -0.142. The van der Waals surface area contributed by atoms with Crippen molar-refractivity contribution in [2.75, 3.05) is 13.6 Å². The summed E-state index contributed by atoms with van der Waals surface area (Å²) >= 11 is 5.81. The molecular weight excluding hydrogens is 348 g/mol. The minimum absolute atomic E-state index is 0.0623. The molecule has 0 bridgehead atoms. The smallest absolute Gasteiger partial charge is 0.243 e. The Kier molecular flexibility index (Phi) is 6.28. The maximum Gasteiger partial charge on any atom is 0.243 e. The summed E-state index contributed by atoms with van der Waals surface area (Å²) in [6, 6.07) is 6.26. The van der Waals surface area contributed by atoms with E-state index >= 15 is 0 Å². The average Bonchev–Trinajstić information content (AvgIpc) is 3.01. The van der Waals surface area contributed by atoms with Crippen LogP contribution in [0.3, 0.4) is 0 Å². The number of sulfonamides is 1. The Hall–Kier alpha value is -1.11. The highest BCUT2D eigenvalue weighted by molar-refractivity contribution is 7.89. The molecule has 0 atom stereocenters. The Morgan fingerprint density at radius 3 is 2.25 bits per heavy atom. The van der Waals surface area contributed by atoms with Crippen LogP contribution in [0.1, 0.15) is 39.5 Å². The number of rotatable bonds is 6. The number of nitrogens with zero attached hydrogens (tertiary/aromatic N) is 2. The van der Waals surface area contributed by atoms with Gasteiger partial charge in [0.25, 0.3) is 0 Å². The van der Waals surface area contributed by atoms with E-state index in [1.807, 2.05) is 18.7 Å². The maximum atomic E-state index is 12.7. The van der Waals surface area contributed by atoms with Gasteiger partial charge in [0.1, 0.15) is 0 Å². The van der Waals surface area contributed by atoms with E-state index < -0.39 is 10.0 Å². The molecule has 0 aliphatic heterocycles. The van der Waals surface area contributed by atoms with Crippen molar-refractivity contribution in [3.05, 3.63) is 29.3 Å². The van der Waals surface area contributed by atoms with Crippen molar-refractivity contribution in [3.8, 4) is 0 Å². The number of hydrogen-bond acceptors (Lipinski definition) is 3. The monoisotopic (exact) mass is 372 g/mol. The van der Waals surface area contributed by atoms with Crippen LogP contribution in [0.2, 0.25) is 5.02 Å². The first-order valence-electron chi connectivity index (χ1n) is 8.26. The second-order valence-corrected chi connectivity index (χ2v) is 9.03. The van der Waals surface area contributed by atoms with Gasteiger partial charge in [-0.1, -0.05) is 24.4 Å². The van der Waals surface area contributed by atoms with Crippen LogP contribution in [0, 0.1) is 0 Å². The molecule has 1 aromatic carbocycles. The van der Waals surface area contributed by atoms with Gasteiger partial charge in [-0.3, -0.25) is 4.79 Å². The summed E-state index contributed by atoms with van der Waals surface area (Å²) in [4.78, 5) is 14.7. The van der Waals surface area contributed by atoms with Gasteiger partial charge >= 0.3 is 0 Å². The van der Waals surface area contributed by atoms with Crippen molar-refractivity contribution in [1.29, 1.82) is 0 Å². The molecule has 0 aromatic heterocycles. The van der Waals surface area contributed by atoms with Crippen molar-refractivity contribution in [1.82, 2.24) is 9.21 Å². The highest BCUT2D eigenvalue weighted by Gasteiger charge is 2.31. The molecule has 1 aromatic rings. The quantitative estimate of drug-likeness (QED) is 0.770. The molecule has 7 heteroatoms. The van der Waals surface area contributed by atoms with Gasteiger partial charge < -0.3 is 4.90 Å². The molecule has 1 aliphatic carbocycles. The lowest BCUT2D eigenvalue weighted by atomic mass is 10.1. The number of benzene rings is 1. The summed E-state index contributed by atoms with van der Waals surface area (Å²) in [6.45, 7) is 3.80. The standard InChI is InChI=1S/C17H25ClN2O3S/c1-13(2)20(15-6-4-5-7-15)17(21)12-19(3)24(22,23)16-10-8-14(18)9-11-16/h8-11,13,15H,4-7,12H2,1-3H3. The highest BCUT2D eigenvalue weighted by atomic mass is 35.5. The van der Waals surface area contributed by atoms with Crippen LogP contribution in [0.25, 0.3) is 0 Å². The summed E-state index contributed by atoms with van der Waals surface area (Å²) < 4.78 is 26.3. The predicted molar refractivity (Wildman–Crippen MR) is 95.5 cm³/mol. The van der Waals surface area contributed by atoms with Gasteiger partial charge in [-0.25, -0.2) is 8.42 Å². The van der Waals surface area contributed by atoms with Crippen molar-refractivity contribution in [2.45, 2.75) is 56.5 Å². The molecule has 134 valence electrons. The van der Waals surface area contributed by atoms with Gasteiger partial charge in [0, 0.05) is 24.2 Å². The van der Waals surface area contributed by atoms with Gasteiger partial charge in [-0.2, -0.15) is 4.31 Å². The Labute approximate surface area is 149 Å². The minimum atomic E-state index is -3.71. The third kappa shape index (κ3) is 4.29. The van der Waals surface area contributed by atoms with Crippen LogP contribution in [-0.4, -0.2) is 49.2 Å². The van der Waals surface area contributed by atoms with Gasteiger partial charge in [0.05, 0.1) is 11.4 Å². The van der Waals surface area contributed by atoms with Crippen LogP contribution < -0.4 is 0 Å². The molecule has 1 amide bonds. The van der Waals surface area contributed by atoms with Crippen molar-refractivity contribution < 1.29 is 13.2 Å². The fourth-order valence-electron chi connectivity index (χ4n) is 3.24. The Morgan fingerprint density at radius 1 is 1.21 bits per heavy atom. The third-order valence-corrected chi connectivity index (χ3v) is 6.51. The van der Waals surface area contributed by atoms with Crippen LogP contribution >= 0.6 is 11.6 Å². The molecule has 0 saturated heterocycles. The van der Waals surface area contributed by atoms with Gasteiger partial charge in [0.15, 0.2) is 0 Å². The van der Waals surface area contributed by atoms with E-state index in [-0.39, 0.29) is 29.4 Å². The van der Waals surface area contributed by atoms with Crippen molar-refractivity contribution in [2.24, 2.45) is 0 Å². The van der Waals surface area contributed by atoms with E-state index in [0.29, 0.717) is 5.02 Å². The summed E-state index contributed by atoms with van der Waals surface area (Å²) in [5.41, 5.74) is 0. The number of carbonyl (C=O) groups is 1. The minimum Gasteiger partial charge on any atom is -0.336 e. The van der Waals surface area contributed by atoms with Crippen LogP contribution in [0.5, 0.6) is 0 Å². The largest absolute Gasteiger partial charge is 0.336 e. The zero-order chi connectivity index (χ0) is 17.9. The molecule has 0 radical (unpaired) electrons. The van der Waals surface area contributed by atoms with E-state index in [1.165, 1.54) is 31.3 Å². The summed E-state index contributed by atoms with van der Waals surface area (Å²) in [7, 11) is -2.27. The van der Waals surface area contributed by atoms with E-state index in [9.17, 15) is 13.2 Å². The molecule has 0 unspecified atom stereocenters. The molecule has 0 heterocycles. The topological polar surface area (TPSA) is 57.7 Å². The molecule has 0 spiro atoms. The summed E-state index contributed by atoms with van der Waals surface area (Å²) in [5, 5.41) is 0.472. The molecule has 5 nitrogen and oxygen atoms in total. The lowest BCUT2D eigenvalue weighted by Crippen LogP contribution is -2.48. The normalized spacial score (nSPS) is 16.1. The first-order chi connectivity index (χ1) is 11.2. The first kappa shape index (κ1) is 19.2. The third-order valence-electron chi connectivity index (χ3n) is 4.44. The first-order valence-corrected chi connectivity index (χ1v) is 10.1. The number of hydrogen-bond donors (Lipinski definition) is 0. The SMILES string of the molecule is CC(C)N(C(=O)CN(C)S(=O)(=O)c1ccc(Cl)cc1)C1CCCC1. The predicted octanol–water partition coefficient (Wildman–Crippen LogP) is 3.14. The molecule has 24 heavy (non-hydrogen) atoms. The zero-order valence-corrected chi connectivity index (χ0v) is 16.0.